The molecule has 0 aliphatic heterocycles. The Bertz CT molecular complexity index is 870. The molecule has 156 valence electrons. The highest BCUT2D eigenvalue weighted by molar-refractivity contribution is 6.00. The van der Waals surface area contributed by atoms with Crippen molar-refractivity contribution in [3.05, 3.63) is 62.2 Å². The number of allylic oxidation sites excluding steroid dienone is 2. The molecular formula is C21H25NO7. The second-order valence-corrected chi connectivity index (χ2v) is 6.70. The monoisotopic (exact) mass is 403 g/mol. The second kappa shape index (κ2) is 9.97. The van der Waals surface area contributed by atoms with Gasteiger partial charge in [0.2, 0.25) is 0 Å². The topological polar surface area (TPSA) is 105 Å². The molecule has 0 heterocycles. The highest BCUT2D eigenvalue weighted by atomic mass is 16.6. The van der Waals surface area contributed by atoms with Crippen LogP contribution in [-0.2, 0) is 23.8 Å². The number of nitrogens with zero attached hydrogens (tertiary/aromatic N) is 1. The molecule has 0 aromatic heterocycles. The molecule has 1 aliphatic rings. The van der Waals surface area contributed by atoms with E-state index < -0.39 is 22.8 Å². The highest BCUT2D eigenvalue weighted by Gasteiger charge is 2.38. The molecule has 0 fully saturated rings. The molecule has 1 aromatic rings. The van der Waals surface area contributed by atoms with Gasteiger partial charge in [-0.05, 0) is 32.8 Å². The summed E-state index contributed by atoms with van der Waals surface area (Å²) in [6.45, 7) is 5.76. The summed E-state index contributed by atoms with van der Waals surface area (Å²) in [6, 6.07) is 5.92. The lowest BCUT2D eigenvalue weighted by Gasteiger charge is -2.29. The molecule has 1 unspecified atom stereocenters. The third kappa shape index (κ3) is 5.08. The lowest BCUT2D eigenvalue weighted by molar-refractivity contribution is -0.384. The number of nitro benzene ring substituents is 1. The van der Waals surface area contributed by atoms with Crippen molar-refractivity contribution < 1.29 is 28.7 Å². The zero-order chi connectivity index (χ0) is 21.6. The first kappa shape index (κ1) is 22.3. The lowest BCUT2D eigenvalue weighted by Crippen LogP contribution is -2.27. The maximum atomic E-state index is 12.9. The van der Waals surface area contributed by atoms with E-state index in [9.17, 15) is 19.7 Å². The van der Waals surface area contributed by atoms with Crippen molar-refractivity contribution in [2.45, 2.75) is 33.1 Å². The van der Waals surface area contributed by atoms with E-state index in [4.69, 9.17) is 14.2 Å². The molecule has 2 rings (SSSR count). The van der Waals surface area contributed by atoms with E-state index in [0.717, 1.165) is 11.1 Å². The summed E-state index contributed by atoms with van der Waals surface area (Å²) in [6.07, 6.45) is 0.411. The van der Waals surface area contributed by atoms with E-state index in [1.54, 1.807) is 26.8 Å². The minimum atomic E-state index is -0.808. The van der Waals surface area contributed by atoms with Gasteiger partial charge < -0.3 is 14.2 Å². The molecule has 0 amide bonds. The Morgan fingerprint density at radius 3 is 2.28 bits per heavy atom. The van der Waals surface area contributed by atoms with Gasteiger partial charge in [0.05, 0.1) is 18.1 Å². The van der Waals surface area contributed by atoms with Crippen molar-refractivity contribution >= 4 is 17.6 Å². The molecule has 0 saturated heterocycles. The Labute approximate surface area is 169 Å². The van der Waals surface area contributed by atoms with Crippen LogP contribution in [0.4, 0.5) is 5.69 Å². The van der Waals surface area contributed by atoms with Crippen LogP contribution in [0.5, 0.6) is 0 Å². The van der Waals surface area contributed by atoms with Crippen molar-refractivity contribution in [2.75, 3.05) is 26.9 Å². The summed E-state index contributed by atoms with van der Waals surface area (Å²) in [7, 11) is 1.50. The van der Waals surface area contributed by atoms with Gasteiger partial charge >= 0.3 is 11.9 Å². The van der Waals surface area contributed by atoms with Crippen LogP contribution in [0.25, 0.3) is 0 Å². The molecule has 0 spiro atoms. The molecule has 0 N–H and O–H groups in total. The van der Waals surface area contributed by atoms with Gasteiger partial charge in [0.15, 0.2) is 0 Å². The zero-order valence-corrected chi connectivity index (χ0v) is 17.0. The molecular weight excluding hydrogens is 378 g/mol. The number of methoxy groups -OCH3 is 1. The van der Waals surface area contributed by atoms with E-state index in [2.05, 4.69) is 0 Å². The number of ether oxygens (including phenoxy) is 3. The Hall–Kier alpha value is -3.00. The Morgan fingerprint density at radius 2 is 1.72 bits per heavy atom. The van der Waals surface area contributed by atoms with E-state index in [1.807, 2.05) is 0 Å². The van der Waals surface area contributed by atoms with Crippen LogP contribution < -0.4 is 0 Å². The van der Waals surface area contributed by atoms with Crippen LogP contribution >= 0.6 is 0 Å². The van der Waals surface area contributed by atoms with Gasteiger partial charge in [-0.2, -0.15) is 0 Å². The summed E-state index contributed by atoms with van der Waals surface area (Å²) in [4.78, 5) is 36.4. The standard InChI is InChI=1S/C21H25NO7/c1-5-28-20(23)17-13(2)11-14(3)18(21(24)29-10-9-27-4)19(17)15-7-6-8-16(12-15)22(25)26/h6-8,12,19H,5,9-11H2,1-4H3. The van der Waals surface area contributed by atoms with Gasteiger partial charge in [0.25, 0.3) is 5.69 Å². The van der Waals surface area contributed by atoms with Gasteiger partial charge in [-0.25, -0.2) is 9.59 Å². The average Bonchev–Trinajstić information content (AvgIpc) is 2.67. The van der Waals surface area contributed by atoms with E-state index in [0.29, 0.717) is 23.1 Å². The maximum Gasteiger partial charge on any atom is 0.335 e. The first-order valence-corrected chi connectivity index (χ1v) is 9.28. The van der Waals surface area contributed by atoms with Crippen LogP contribution in [0.1, 0.15) is 38.7 Å². The fraction of sp³-hybridized carbons (Fsp3) is 0.429. The molecule has 1 aliphatic carbocycles. The van der Waals surface area contributed by atoms with E-state index in [-0.39, 0.29) is 25.5 Å². The lowest BCUT2D eigenvalue weighted by atomic mass is 9.75. The summed E-state index contributed by atoms with van der Waals surface area (Å²) >= 11 is 0. The number of non-ortho nitro benzene ring substituents is 1. The second-order valence-electron chi connectivity index (χ2n) is 6.70. The summed E-state index contributed by atoms with van der Waals surface area (Å²) < 4.78 is 15.4. The molecule has 1 aromatic carbocycles. The van der Waals surface area contributed by atoms with Gasteiger partial charge in [-0.3, -0.25) is 10.1 Å². The third-order valence-corrected chi connectivity index (χ3v) is 4.68. The fourth-order valence-corrected chi connectivity index (χ4v) is 3.47. The first-order chi connectivity index (χ1) is 13.8. The number of esters is 2. The average molecular weight is 403 g/mol. The number of hydrogen-bond donors (Lipinski definition) is 0. The Morgan fingerprint density at radius 1 is 1.10 bits per heavy atom. The number of carbonyl (C=O) groups is 2. The molecule has 29 heavy (non-hydrogen) atoms. The van der Waals surface area contributed by atoms with Crippen LogP contribution in [0.2, 0.25) is 0 Å². The van der Waals surface area contributed by atoms with Gasteiger partial charge in [-0.15, -0.1) is 0 Å². The number of nitro groups is 1. The third-order valence-electron chi connectivity index (χ3n) is 4.68. The molecule has 8 heteroatoms. The van der Waals surface area contributed by atoms with E-state index >= 15 is 0 Å². The van der Waals surface area contributed by atoms with Crippen molar-refractivity contribution in [1.29, 1.82) is 0 Å². The van der Waals surface area contributed by atoms with Crippen LogP contribution in [-0.4, -0.2) is 43.8 Å². The largest absolute Gasteiger partial charge is 0.463 e. The fourth-order valence-electron chi connectivity index (χ4n) is 3.47. The van der Waals surface area contributed by atoms with E-state index in [1.165, 1.54) is 25.3 Å². The van der Waals surface area contributed by atoms with Crippen molar-refractivity contribution in [3.8, 4) is 0 Å². The maximum absolute atomic E-state index is 12.9. The van der Waals surface area contributed by atoms with Crippen molar-refractivity contribution in [3.63, 3.8) is 0 Å². The highest BCUT2D eigenvalue weighted by Crippen LogP contribution is 2.43. The van der Waals surface area contributed by atoms with Crippen LogP contribution in [0, 0.1) is 10.1 Å². The van der Waals surface area contributed by atoms with Crippen LogP contribution in [0.15, 0.2) is 46.6 Å². The van der Waals surface area contributed by atoms with Gasteiger partial charge in [-0.1, -0.05) is 23.3 Å². The summed E-state index contributed by atoms with van der Waals surface area (Å²) in [5.41, 5.74) is 2.45. The normalized spacial score (nSPS) is 16.6. The SMILES string of the molecule is CCOC(=O)C1=C(C)CC(C)=C(C(=O)OCCOC)C1c1cccc([N+](=O)[O-])c1. The molecule has 8 nitrogen and oxygen atoms in total. The Balaban J connectivity index is 2.59. The van der Waals surface area contributed by atoms with Crippen molar-refractivity contribution in [2.24, 2.45) is 0 Å². The Kier molecular flexibility index (Phi) is 7.67. The summed E-state index contributed by atoms with van der Waals surface area (Å²) in [5, 5.41) is 11.3. The smallest absolute Gasteiger partial charge is 0.335 e. The quantitative estimate of drug-likeness (QED) is 0.283. The molecule has 1 atom stereocenters. The minimum absolute atomic E-state index is 0.0607. The molecule has 0 radical (unpaired) electrons. The number of benzene rings is 1. The summed E-state index contributed by atoms with van der Waals surface area (Å²) in [5.74, 6) is -1.93. The van der Waals surface area contributed by atoms with Crippen molar-refractivity contribution in [1.82, 2.24) is 0 Å². The van der Waals surface area contributed by atoms with Gasteiger partial charge in [0.1, 0.15) is 6.61 Å². The molecule has 0 bridgehead atoms. The first-order valence-electron chi connectivity index (χ1n) is 9.28. The van der Waals surface area contributed by atoms with Crippen LogP contribution in [0.3, 0.4) is 0 Å². The zero-order valence-electron chi connectivity index (χ0n) is 17.0. The van der Waals surface area contributed by atoms with Gasteiger partial charge in [0, 0.05) is 36.3 Å². The predicted molar refractivity (Wildman–Crippen MR) is 105 cm³/mol. The number of carbonyl (C=O) groups excluding carboxylic acids is 2. The number of hydrogen-bond acceptors (Lipinski definition) is 7. The molecule has 0 saturated carbocycles. The minimum Gasteiger partial charge on any atom is -0.463 e. The predicted octanol–water partition coefficient (Wildman–Crippen LogP) is 3.47. The number of rotatable bonds is 8.